The van der Waals surface area contributed by atoms with Crippen LogP contribution in [0.15, 0.2) is 69.9 Å². The van der Waals surface area contributed by atoms with Gasteiger partial charge in [-0.2, -0.15) is 5.10 Å². The number of nitrogens with zero attached hydrogens (tertiary/aromatic N) is 2. The summed E-state index contributed by atoms with van der Waals surface area (Å²) in [6.45, 7) is 2.51. The van der Waals surface area contributed by atoms with Crippen LogP contribution in [0.5, 0.6) is 0 Å². The molecular formula is C18H15BrN2O. The molecule has 3 rings (SSSR count). The second kappa shape index (κ2) is 6.28. The van der Waals surface area contributed by atoms with E-state index in [1.54, 1.807) is 12.1 Å². The van der Waals surface area contributed by atoms with Crippen LogP contribution < -0.4 is 5.56 Å². The Hall–Kier alpha value is -2.20. The molecule has 110 valence electrons. The third-order valence-electron chi connectivity index (χ3n) is 3.46. The maximum absolute atomic E-state index is 12.0. The van der Waals surface area contributed by atoms with Crippen LogP contribution in [-0.4, -0.2) is 9.78 Å². The summed E-state index contributed by atoms with van der Waals surface area (Å²) < 4.78 is 2.52. The average molecular weight is 355 g/mol. The lowest BCUT2D eigenvalue weighted by Crippen LogP contribution is -2.22. The zero-order valence-corrected chi connectivity index (χ0v) is 13.7. The fourth-order valence-electron chi connectivity index (χ4n) is 2.20. The molecule has 0 spiro atoms. The SMILES string of the molecule is Cc1ccc(-c2ccc(=O)n(Cc3ccc(Br)cc3)n2)cc1. The summed E-state index contributed by atoms with van der Waals surface area (Å²) >= 11 is 3.41. The van der Waals surface area contributed by atoms with E-state index in [0.717, 1.165) is 21.3 Å². The quantitative estimate of drug-likeness (QED) is 0.711. The highest BCUT2D eigenvalue weighted by atomic mass is 79.9. The number of benzene rings is 2. The molecule has 4 heteroatoms. The summed E-state index contributed by atoms with van der Waals surface area (Å²) in [6, 6.07) is 19.4. The van der Waals surface area contributed by atoms with E-state index in [2.05, 4.69) is 21.0 Å². The molecule has 1 aromatic heterocycles. The van der Waals surface area contributed by atoms with Crippen molar-refractivity contribution < 1.29 is 0 Å². The maximum atomic E-state index is 12.0. The molecule has 0 aliphatic carbocycles. The van der Waals surface area contributed by atoms with Crippen molar-refractivity contribution in [3.05, 3.63) is 86.6 Å². The van der Waals surface area contributed by atoms with Crippen molar-refractivity contribution in [1.29, 1.82) is 0 Å². The van der Waals surface area contributed by atoms with Gasteiger partial charge >= 0.3 is 0 Å². The summed E-state index contributed by atoms with van der Waals surface area (Å²) in [4.78, 5) is 12.0. The molecule has 0 bridgehead atoms. The van der Waals surface area contributed by atoms with Crippen LogP contribution in [0.3, 0.4) is 0 Å². The summed E-state index contributed by atoms with van der Waals surface area (Å²) in [6.07, 6.45) is 0. The van der Waals surface area contributed by atoms with Gasteiger partial charge in [0.25, 0.3) is 5.56 Å². The maximum Gasteiger partial charge on any atom is 0.267 e. The van der Waals surface area contributed by atoms with Gasteiger partial charge in [0.15, 0.2) is 0 Å². The van der Waals surface area contributed by atoms with E-state index >= 15 is 0 Å². The minimum Gasteiger partial charge on any atom is -0.268 e. The molecule has 0 aliphatic rings. The first-order valence-corrected chi connectivity index (χ1v) is 7.81. The smallest absolute Gasteiger partial charge is 0.267 e. The lowest BCUT2D eigenvalue weighted by atomic mass is 10.1. The van der Waals surface area contributed by atoms with E-state index < -0.39 is 0 Å². The third kappa shape index (κ3) is 3.34. The molecule has 0 aliphatic heterocycles. The standard InChI is InChI=1S/C18H15BrN2O/c1-13-2-6-15(7-3-13)17-10-11-18(22)21(20-17)12-14-4-8-16(19)9-5-14/h2-11H,12H2,1H3. The number of hydrogen-bond donors (Lipinski definition) is 0. The molecule has 3 nitrogen and oxygen atoms in total. The minimum atomic E-state index is -0.0984. The van der Waals surface area contributed by atoms with Crippen molar-refractivity contribution in [2.45, 2.75) is 13.5 Å². The number of rotatable bonds is 3. The highest BCUT2D eigenvalue weighted by Crippen LogP contribution is 2.16. The van der Waals surface area contributed by atoms with Crippen molar-refractivity contribution in [1.82, 2.24) is 9.78 Å². The van der Waals surface area contributed by atoms with Crippen molar-refractivity contribution >= 4 is 15.9 Å². The molecule has 22 heavy (non-hydrogen) atoms. The topological polar surface area (TPSA) is 34.9 Å². The van der Waals surface area contributed by atoms with Crippen LogP contribution >= 0.6 is 15.9 Å². The van der Waals surface area contributed by atoms with Gasteiger partial charge in [-0.15, -0.1) is 0 Å². The summed E-state index contributed by atoms with van der Waals surface area (Å²) in [5.41, 5.74) is 3.96. The first kappa shape index (κ1) is 14.7. The number of aromatic nitrogens is 2. The first-order chi connectivity index (χ1) is 10.6. The Morgan fingerprint density at radius 2 is 1.64 bits per heavy atom. The Morgan fingerprint density at radius 1 is 0.955 bits per heavy atom. The Labute approximate surface area is 137 Å². The zero-order chi connectivity index (χ0) is 15.5. The predicted molar refractivity (Wildman–Crippen MR) is 91.9 cm³/mol. The Kier molecular flexibility index (Phi) is 4.20. The van der Waals surface area contributed by atoms with Gasteiger partial charge in [-0.3, -0.25) is 4.79 Å². The normalized spacial score (nSPS) is 10.6. The lowest BCUT2D eigenvalue weighted by molar-refractivity contribution is 0.642. The van der Waals surface area contributed by atoms with Crippen LogP contribution in [0.4, 0.5) is 0 Å². The van der Waals surface area contributed by atoms with Gasteiger partial charge in [0.05, 0.1) is 12.2 Å². The van der Waals surface area contributed by atoms with Gasteiger partial charge in [-0.25, -0.2) is 4.68 Å². The molecule has 0 atom stereocenters. The van der Waals surface area contributed by atoms with Crippen LogP contribution in [0.25, 0.3) is 11.3 Å². The van der Waals surface area contributed by atoms with E-state index in [1.165, 1.54) is 10.2 Å². The number of halogens is 1. The van der Waals surface area contributed by atoms with E-state index in [1.807, 2.05) is 55.5 Å². The van der Waals surface area contributed by atoms with E-state index in [9.17, 15) is 4.79 Å². The number of hydrogen-bond acceptors (Lipinski definition) is 2. The van der Waals surface area contributed by atoms with Gasteiger partial charge in [0, 0.05) is 16.1 Å². The second-order valence-corrected chi connectivity index (χ2v) is 6.12. The summed E-state index contributed by atoms with van der Waals surface area (Å²) in [7, 11) is 0. The fraction of sp³-hybridized carbons (Fsp3) is 0.111. The van der Waals surface area contributed by atoms with E-state index in [-0.39, 0.29) is 5.56 Å². The Bertz CT molecular complexity index is 836. The Morgan fingerprint density at radius 3 is 2.32 bits per heavy atom. The molecule has 0 unspecified atom stereocenters. The number of aryl methyl sites for hydroxylation is 1. The minimum absolute atomic E-state index is 0.0984. The molecule has 3 aromatic rings. The van der Waals surface area contributed by atoms with Crippen molar-refractivity contribution in [2.75, 3.05) is 0 Å². The average Bonchev–Trinajstić information content (AvgIpc) is 2.52. The summed E-state index contributed by atoms with van der Waals surface area (Å²) in [5, 5.41) is 4.48. The highest BCUT2D eigenvalue weighted by Gasteiger charge is 2.04. The molecule has 1 heterocycles. The van der Waals surface area contributed by atoms with Gasteiger partial charge in [0.1, 0.15) is 0 Å². The second-order valence-electron chi connectivity index (χ2n) is 5.21. The molecular weight excluding hydrogens is 340 g/mol. The van der Waals surface area contributed by atoms with Crippen molar-refractivity contribution in [3.8, 4) is 11.3 Å². The third-order valence-corrected chi connectivity index (χ3v) is 3.99. The van der Waals surface area contributed by atoms with Gasteiger partial charge in [-0.1, -0.05) is 57.9 Å². The molecule has 0 saturated carbocycles. The van der Waals surface area contributed by atoms with Crippen LogP contribution in [0.1, 0.15) is 11.1 Å². The van der Waals surface area contributed by atoms with Gasteiger partial charge < -0.3 is 0 Å². The van der Waals surface area contributed by atoms with E-state index in [0.29, 0.717) is 6.54 Å². The van der Waals surface area contributed by atoms with E-state index in [4.69, 9.17) is 0 Å². The largest absolute Gasteiger partial charge is 0.268 e. The van der Waals surface area contributed by atoms with Gasteiger partial charge in [0.2, 0.25) is 0 Å². The molecule has 0 radical (unpaired) electrons. The zero-order valence-electron chi connectivity index (χ0n) is 12.2. The van der Waals surface area contributed by atoms with Crippen molar-refractivity contribution in [3.63, 3.8) is 0 Å². The molecule has 2 aromatic carbocycles. The fourth-order valence-corrected chi connectivity index (χ4v) is 2.47. The van der Waals surface area contributed by atoms with Gasteiger partial charge in [-0.05, 0) is 30.7 Å². The Balaban J connectivity index is 1.94. The molecule has 0 saturated heterocycles. The highest BCUT2D eigenvalue weighted by molar-refractivity contribution is 9.10. The van der Waals surface area contributed by atoms with Crippen LogP contribution in [0, 0.1) is 6.92 Å². The lowest BCUT2D eigenvalue weighted by Gasteiger charge is -2.08. The van der Waals surface area contributed by atoms with Crippen molar-refractivity contribution in [2.24, 2.45) is 0 Å². The summed E-state index contributed by atoms with van der Waals surface area (Å²) in [5.74, 6) is 0. The van der Waals surface area contributed by atoms with Crippen LogP contribution in [-0.2, 0) is 6.54 Å². The predicted octanol–water partition coefficient (Wildman–Crippen LogP) is 4.03. The molecule has 0 amide bonds. The first-order valence-electron chi connectivity index (χ1n) is 7.01. The molecule has 0 N–H and O–H groups in total. The molecule has 0 fully saturated rings. The van der Waals surface area contributed by atoms with Crippen LogP contribution in [0.2, 0.25) is 0 Å². The monoisotopic (exact) mass is 354 g/mol.